The van der Waals surface area contributed by atoms with Crippen molar-refractivity contribution in [3.63, 3.8) is 0 Å². The fourth-order valence-electron chi connectivity index (χ4n) is 2.24. The number of nitrogens with one attached hydrogen (secondary N) is 1. The van der Waals surface area contributed by atoms with E-state index >= 15 is 0 Å². The van der Waals surface area contributed by atoms with Crippen molar-refractivity contribution in [2.45, 2.75) is 51.6 Å². The van der Waals surface area contributed by atoms with Gasteiger partial charge in [0.2, 0.25) is 0 Å². The summed E-state index contributed by atoms with van der Waals surface area (Å²) in [6.07, 6.45) is -0.233. The molecule has 1 N–H and O–H groups in total. The smallest absolute Gasteiger partial charge is 0.251 e. The van der Waals surface area contributed by atoms with Crippen molar-refractivity contribution in [1.82, 2.24) is 10.2 Å². The molecule has 1 rings (SSSR count). The van der Waals surface area contributed by atoms with Gasteiger partial charge in [-0.3, -0.25) is 4.90 Å². The van der Waals surface area contributed by atoms with Gasteiger partial charge in [0.05, 0.1) is 6.54 Å². The van der Waals surface area contributed by atoms with E-state index in [-0.39, 0.29) is 18.1 Å². The lowest BCUT2D eigenvalue weighted by Gasteiger charge is -2.46. The average Bonchev–Trinajstić information content (AvgIpc) is 2.21. The van der Waals surface area contributed by atoms with Gasteiger partial charge in [-0.1, -0.05) is 13.8 Å². The first-order chi connectivity index (χ1) is 7.03. The quantitative estimate of drug-likeness (QED) is 0.780. The second kappa shape index (κ2) is 5.21. The molecule has 15 heavy (non-hydrogen) atoms. The van der Waals surface area contributed by atoms with Gasteiger partial charge in [-0.2, -0.15) is 0 Å². The number of hydrogen-bond acceptors (Lipinski definition) is 2. The van der Waals surface area contributed by atoms with Crippen molar-refractivity contribution in [2.24, 2.45) is 0 Å². The monoisotopic (exact) mass is 220 g/mol. The van der Waals surface area contributed by atoms with Crippen LogP contribution < -0.4 is 5.32 Å². The van der Waals surface area contributed by atoms with E-state index in [0.29, 0.717) is 0 Å². The molecule has 0 aliphatic carbocycles. The van der Waals surface area contributed by atoms with Gasteiger partial charge in [-0.25, -0.2) is 8.78 Å². The van der Waals surface area contributed by atoms with Gasteiger partial charge in [0.1, 0.15) is 0 Å². The first kappa shape index (κ1) is 12.8. The highest BCUT2D eigenvalue weighted by atomic mass is 19.3. The van der Waals surface area contributed by atoms with Gasteiger partial charge in [-0.15, -0.1) is 0 Å². The minimum Gasteiger partial charge on any atom is -0.308 e. The molecule has 4 heteroatoms. The van der Waals surface area contributed by atoms with Crippen molar-refractivity contribution in [3.05, 3.63) is 0 Å². The first-order valence-electron chi connectivity index (χ1n) is 5.80. The molecule has 0 saturated carbocycles. The molecule has 0 aromatic heterocycles. The van der Waals surface area contributed by atoms with Gasteiger partial charge in [0.25, 0.3) is 6.43 Å². The standard InChI is InChI=1S/C11H22F2N2/c1-4-11(5-2)8-15(7-10(12)13)9(3)6-14-11/h9-10,14H,4-8H2,1-3H3. The maximum Gasteiger partial charge on any atom is 0.251 e. The molecule has 1 aliphatic heterocycles. The second-order valence-corrected chi connectivity index (χ2v) is 4.54. The number of rotatable bonds is 4. The normalized spacial score (nSPS) is 27.2. The minimum atomic E-state index is -2.23. The number of nitrogens with zero attached hydrogens (tertiary/aromatic N) is 1. The van der Waals surface area contributed by atoms with Crippen molar-refractivity contribution in [1.29, 1.82) is 0 Å². The van der Waals surface area contributed by atoms with Crippen LogP contribution in [0.3, 0.4) is 0 Å². The Morgan fingerprint density at radius 1 is 1.40 bits per heavy atom. The predicted octanol–water partition coefficient (Wildman–Crippen LogP) is 2.10. The zero-order valence-electron chi connectivity index (χ0n) is 9.89. The molecule has 0 spiro atoms. The Morgan fingerprint density at radius 2 is 2.00 bits per heavy atom. The molecule has 0 amide bonds. The summed E-state index contributed by atoms with van der Waals surface area (Å²) < 4.78 is 24.8. The SMILES string of the molecule is CCC1(CC)CN(CC(F)F)C(C)CN1. The zero-order valence-corrected chi connectivity index (χ0v) is 9.89. The van der Waals surface area contributed by atoms with Crippen LogP contribution >= 0.6 is 0 Å². The molecule has 1 aliphatic rings. The van der Waals surface area contributed by atoms with E-state index in [2.05, 4.69) is 19.2 Å². The van der Waals surface area contributed by atoms with E-state index < -0.39 is 6.43 Å². The maximum absolute atomic E-state index is 12.4. The molecule has 0 bridgehead atoms. The highest BCUT2D eigenvalue weighted by Gasteiger charge is 2.35. The Labute approximate surface area is 91.0 Å². The van der Waals surface area contributed by atoms with E-state index in [9.17, 15) is 8.78 Å². The van der Waals surface area contributed by atoms with Crippen LogP contribution in [0.25, 0.3) is 0 Å². The van der Waals surface area contributed by atoms with Crippen LogP contribution in [0.15, 0.2) is 0 Å². The van der Waals surface area contributed by atoms with Crippen LogP contribution in [0.2, 0.25) is 0 Å². The third-order valence-electron chi connectivity index (χ3n) is 3.63. The molecule has 0 radical (unpaired) electrons. The third kappa shape index (κ3) is 3.11. The summed E-state index contributed by atoms with van der Waals surface area (Å²) in [6, 6.07) is 0.213. The first-order valence-corrected chi connectivity index (χ1v) is 5.80. The summed E-state index contributed by atoms with van der Waals surface area (Å²) in [7, 11) is 0. The fraction of sp³-hybridized carbons (Fsp3) is 1.00. The van der Waals surface area contributed by atoms with Crippen LogP contribution in [0, 0.1) is 0 Å². The molecular formula is C11H22F2N2. The average molecular weight is 220 g/mol. The second-order valence-electron chi connectivity index (χ2n) is 4.54. The highest BCUT2D eigenvalue weighted by Crippen LogP contribution is 2.23. The van der Waals surface area contributed by atoms with Crippen molar-refractivity contribution >= 4 is 0 Å². The van der Waals surface area contributed by atoms with Crippen LogP contribution in [0.4, 0.5) is 8.78 Å². The molecule has 0 aromatic rings. The van der Waals surface area contributed by atoms with E-state index in [1.165, 1.54) is 0 Å². The molecule has 1 heterocycles. The maximum atomic E-state index is 12.4. The summed E-state index contributed by atoms with van der Waals surface area (Å²) in [5.74, 6) is 0. The highest BCUT2D eigenvalue weighted by molar-refractivity contribution is 4.95. The fourth-order valence-corrected chi connectivity index (χ4v) is 2.24. The predicted molar refractivity (Wildman–Crippen MR) is 58.4 cm³/mol. The van der Waals surface area contributed by atoms with E-state index in [1.54, 1.807) is 0 Å². The van der Waals surface area contributed by atoms with Crippen LogP contribution in [0.5, 0.6) is 0 Å². The lowest BCUT2D eigenvalue weighted by atomic mass is 9.89. The van der Waals surface area contributed by atoms with Crippen LogP contribution in [-0.2, 0) is 0 Å². The zero-order chi connectivity index (χ0) is 11.5. The topological polar surface area (TPSA) is 15.3 Å². The Morgan fingerprint density at radius 3 is 2.47 bits per heavy atom. The molecule has 2 nitrogen and oxygen atoms in total. The molecule has 0 aromatic carbocycles. The summed E-state index contributed by atoms with van der Waals surface area (Å²) in [6.45, 7) is 7.70. The van der Waals surface area contributed by atoms with Crippen molar-refractivity contribution in [3.8, 4) is 0 Å². The summed E-state index contributed by atoms with van der Waals surface area (Å²) >= 11 is 0. The molecule has 1 atom stereocenters. The molecule has 1 fully saturated rings. The Balaban J connectivity index is 2.62. The Bertz CT molecular complexity index is 193. The van der Waals surface area contributed by atoms with Crippen molar-refractivity contribution in [2.75, 3.05) is 19.6 Å². The summed E-state index contributed by atoms with van der Waals surface area (Å²) in [4.78, 5) is 1.91. The lowest BCUT2D eigenvalue weighted by Crippen LogP contribution is -2.63. The van der Waals surface area contributed by atoms with Gasteiger partial charge < -0.3 is 5.32 Å². The van der Waals surface area contributed by atoms with Crippen LogP contribution in [-0.4, -0.2) is 42.5 Å². The molecule has 90 valence electrons. The number of hydrogen-bond donors (Lipinski definition) is 1. The summed E-state index contributed by atoms with van der Waals surface area (Å²) in [5, 5.41) is 3.50. The van der Waals surface area contributed by atoms with Crippen LogP contribution in [0.1, 0.15) is 33.6 Å². The molecular weight excluding hydrogens is 198 g/mol. The van der Waals surface area contributed by atoms with Crippen molar-refractivity contribution < 1.29 is 8.78 Å². The van der Waals surface area contributed by atoms with Gasteiger partial charge in [0, 0.05) is 24.7 Å². The van der Waals surface area contributed by atoms with Gasteiger partial charge in [-0.05, 0) is 19.8 Å². The van der Waals surface area contributed by atoms with E-state index in [4.69, 9.17) is 0 Å². The van der Waals surface area contributed by atoms with E-state index in [1.807, 2.05) is 11.8 Å². The van der Waals surface area contributed by atoms with E-state index in [0.717, 1.165) is 25.9 Å². The Kier molecular flexibility index (Phi) is 4.46. The molecule has 1 unspecified atom stereocenters. The number of piperazine rings is 1. The number of alkyl halides is 2. The number of halogens is 2. The summed E-state index contributed by atoms with van der Waals surface area (Å²) in [5.41, 5.74) is 0.0431. The minimum absolute atomic E-state index is 0.0431. The lowest BCUT2D eigenvalue weighted by molar-refractivity contribution is 0.0226. The van der Waals surface area contributed by atoms with Gasteiger partial charge in [0.15, 0.2) is 0 Å². The van der Waals surface area contributed by atoms with Gasteiger partial charge >= 0.3 is 0 Å². The Hall–Kier alpha value is -0.220. The molecule has 1 saturated heterocycles. The largest absolute Gasteiger partial charge is 0.308 e. The third-order valence-corrected chi connectivity index (χ3v) is 3.63.